The highest BCUT2D eigenvalue weighted by atomic mass is 32.2. The summed E-state index contributed by atoms with van der Waals surface area (Å²) in [5, 5.41) is 69.5. The summed E-state index contributed by atoms with van der Waals surface area (Å²) < 4.78 is 11.7. The lowest BCUT2D eigenvalue weighted by Gasteiger charge is -2.44. The summed E-state index contributed by atoms with van der Waals surface area (Å²) in [7, 11) is 3.32. The zero-order valence-electron chi connectivity index (χ0n) is 21.4. The van der Waals surface area contributed by atoms with E-state index in [4.69, 9.17) is 9.47 Å². The maximum atomic E-state index is 10.6. The maximum Gasteiger partial charge on any atom is 0.159 e. The molecule has 4 saturated heterocycles. The summed E-state index contributed by atoms with van der Waals surface area (Å²) in [5.74, 6) is 0. The summed E-state index contributed by atoms with van der Waals surface area (Å²) in [6.07, 6.45) is 2.06. The Hall–Kier alpha value is -0.940. The molecule has 14 heteroatoms. The smallest absolute Gasteiger partial charge is 0.159 e. The van der Waals surface area contributed by atoms with Gasteiger partial charge in [0.15, 0.2) is 10.3 Å². The summed E-state index contributed by atoms with van der Waals surface area (Å²) in [5.41, 5.74) is -2.80. The third kappa shape index (κ3) is 5.13. The van der Waals surface area contributed by atoms with Crippen molar-refractivity contribution in [2.75, 3.05) is 14.1 Å². The highest BCUT2D eigenvalue weighted by molar-refractivity contribution is 8.14. The molecule has 6 aliphatic rings. The van der Waals surface area contributed by atoms with Crippen LogP contribution in [0.2, 0.25) is 0 Å². The van der Waals surface area contributed by atoms with E-state index in [0.29, 0.717) is 36.0 Å². The molecular formula is C24H38N4O8S2. The van der Waals surface area contributed by atoms with Crippen LogP contribution in [0.25, 0.3) is 0 Å². The second-order valence-corrected chi connectivity index (χ2v) is 12.9. The molecule has 1 saturated carbocycles. The Bertz CT molecular complexity index is 902. The van der Waals surface area contributed by atoms with Crippen molar-refractivity contribution < 1.29 is 40.1 Å². The van der Waals surface area contributed by atoms with Gasteiger partial charge in [0.25, 0.3) is 0 Å². The molecule has 12 nitrogen and oxygen atoms in total. The van der Waals surface area contributed by atoms with Crippen molar-refractivity contribution in [3.05, 3.63) is 12.2 Å². The third-order valence-electron chi connectivity index (χ3n) is 8.28. The van der Waals surface area contributed by atoms with Gasteiger partial charge in [0.1, 0.15) is 53.1 Å². The number of ether oxygens (including phenoxy) is 2. The largest absolute Gasteiger partial charge is 0.388 e. The van der Waals surface area contributed by atoms with Crippen molar-refractivity contribution >= 4 is 33.9 Å². The minimum atomic E-state index is -1.13. The predicted octanol–water partition coefficient (Wildman–Crippen LogP) is -1.37. The lowest BCUT2D eigenvalue weighted by molar-refractivity contribution is -0.217. The number of nitrogens with zero attached hydrogens (tertiary/aromatic N) is 2. The van der Waals surface area contributed by atoms with E-state index in [-0.39, 0.29) is 16.9 Å². The molecule has 38 heavy (non-hydrogen) atoms. The summed E-state index contributed by atoms with van der Waals surface area (Å²) in [6, 6.07) is -0.770. The first-order valence-corrected chi connectivity index (χ1v) is 14.8. The standard InChI is InChI=1S/C12H20N2O4S.C12H18N2O4S/c2*1-13-11-14-6-7(15)8(16)9(18-10(6)19-11)12(17)4-2-3-5-12/h6-10,15-17H,2-5H2,1H3,(H,13,14);2-3,6-10,15-17H,4-5H2,1H3,(H,13,14)/t2*6-,7-,8+,9+,10-/m11/s1. The fourth-order valence-corrected chi connectivity index (χ4v) is 8.25. The second kappa shape index (κ2) is 11.1. The number of fused-ring (bicyclic) bond motifs is 2. The molecule has 8 N–H and O–H groups in total. The van der Waals surface area contributed by atoms with Gasteiger partial charge < -0.3 is 50.7 Å². The lowest BCUT2D eigenvalue weighted by atomic mass is 9.84. The normalized spacial score (nSPS) is 46.7. The van der Waals surface area contributed by atoms with Gasteiger partial charge in [-0.05, 0) is 25.7 Å². The number of aliphatic hydroxyl groups is 6. The molecule has 0 radical (unpaired) electrons. The Morgan fingerprint density at radius 3 is 1.58 bits per heavy atom. The fraction of sp³-hybridized carbons (Fsp3) is 0.833. The Labute approximate surface area is 230 Å². The molecular weight excluding hydrogens is 536 g/mol. The van der Waals surface area contributed by atoms with Gasteiger partial charge in [0.2, 0.25) is 0 Å². The van der Waals surface area contributed by atoms with Crippen LogP contribution in [0.1, 0.15) is 38.5 Å². The van der Waals surface area contributed by atoms with Crippen molar-refractivity contribution in [2.24, 2.45) is 9.98 Å². The van der Waals surface area contributed by atoms with Gasteiger partial charge in [0.05, 0.1) is 17.7 Å². The van der Waals surface area contributed by atoms with Crippen molar-refractivity contribution in [1.29, 1.82) is 0 Å². The zero-order valence-corrected chi connectivity index (χ0v) is 23.0. The van der Waals surface area contributed by atoms with Gasteiger partial charge in [-0.2, -0.15) is 0 Å². The monoisotopic (exact) mass is 574 g/mol. The number of aliphatic imine (C=N–C) groups is 2. The fourth-order valence-electron chi connectivity index (χ4n) is 6.09. The van der Waals surface area contributed by atoms with Crippen LogP contribution < -0.4 is 10.6 Å². The topological polar surface area (TPSA) is 189 Å². The number of hydrogen-bond donors (Lipinski definition) is 8. The molecule has 10 atom stereocenters. The number of hydrogen-bond acceptors (Lipinski definition) is 12. The quantitative estimate of drug-likeness (QED) is 0.181. The van der Waals surface area contributed by atoms with Gasteiger partial charge in [-0.15, -0.1) is 0 Å². The van der Waals surface area contributed by atoms with E-state index in [0.717, 1.165) is 12.8 Å². The van der Waals surface area contributed by atoms with Crippen molar-refractivity contribution in [3.8, 4) is 0 Å². The first kappa shape index (κ1) is 28.6. The Kier molecular flexibility index (Phi) is 8.38. The van der Waals surface area contributed by atoms with Crippen LogP contribution in [0.4, 0.5) is 0 Å². The zero-order chi connectivity index (χ0) is 27.2. The molecule has 4 aliphatic heterocycles. The number of amidine groups is 2. The van der Waals surface area contributed by atoms with E-state index < -0.39 is 53.9 Å². The van der Waals surface area contributed by atoms with Crippen LogP contribution in [-0.4, -0.2) is 126 Å². The van der Waals surface area contributed by atoms with E-state index in [1.165, 1.54) is 23.5 Å². The first-order chi connectivity index (χ1) is 18.1. The number of rotatable bonds is 2. The molecule has 214 valence electrons. The van der Waals surface area contributed by atoms with Crippen molar-refractivity contribution in [1.82, 2.24) is 10.6 Å². The second-order valence-electron chi connectivity index (χ2n) is 10.7. The predicted molar refractivity (Wildman–Crippen MR) is 144 cm³/mol. The maximum absolute atomic E-state index is 10.6. The molecule has 2 aliphatic carbocycles. The average molecular weight is 575 g/mol. The minimum Gasteiger partial charge on any atom is -0.388 e. The van der Waals surface area contributed by atoms with Gasteiger partial charge in [0, 0.05) is 14.1 Å². The third-order valence-corrected chi connectivity index (χ3v) is 10.6. The van der Waals surface area contributed by atoms with Crippen LogP contribution in [0.3, 0.4) is 0 Å². The van der Waals surface area contributed by atoms with E-state index in [2.05, 4.69) is 20.6 Å². The van der Waals surface area contributed by atoms with Gasteiger partial charge >= 0.3 is 0 Å². The Morgan fingerprint density at radius 2 is 1.16 bits per heavy atom. The van der Waals surface area contributed by atoms with E-state index in [1.807, 2.05) is 12.2 Å². The van der Waals surface area contributed by atoms with Crippen LogP contribution in [0.5, 0.6) is 0 Å². The van der Waals surface area contributed by atoms with Gasteiger partial charge in [-0.3, -0.25) is 9.98 Å². The summed E-state index contributed by atoms with van der Waals surface area (Å²) >= 11 is 2.77. The summed E-state index contributed by atoms with van der Waals surface area (Å²) in [4.78, 5) is 8.08. The van der Waals surface area contributed by atoms with Gasteiger partial charge in [-0.25, -0.2) is 0 Å². The van der Waals surface area contributed by atoms with Crippen LogP contribution in [-0.2, 0) is 9.47 Å². The van der Waals surface area contributed by atoms with Gasteiger partial charge in [-0.1, -0.05) is 48.5 Å². The molecule has 0 aromatic carbocycles. The van der Waals surface area contributed by atoms with E-state index in [9.17, 15) is 30.6 Å². The molecule has 0 spiro atoms. The van der Waals surface area contributed by atoms with Crippen LogP contribution >= 0.6 is 23.5 Å². The Morgan fingerprint density at radius 1 is 0.737 bits per heavy atom. The van der Waals surface area contributed by atoms with Crippen molar-refractivity contribution in [2.45, 2.75) is 109 Å². The van der Waals surface area contributed by atoms with Crippen LogP contribution in [0, 0.1) is 0 Å². The number of thioether (sulfide) groups is 2. The Balaban J connectivity index is 0.000000155. The SMILES string of the molecule is CN=C1N[C@@H]2[C@@H](O)[C@H](O)[C@@H](C3(O)CC=CC3)O[C@@H]2S1.CN=C1N[C@@H]2[C@@H](O)[C@H](O)[C@@H](C3(O)CCCC3)O[C@@H]2S1. The minimum absolute atomic E-state index is 0.313. The molecule has 6 rings (SSSR count). The number of nitrogens with one attached hydrogen (secondary N) is 2. The number of aliphatic hydroxyl groups excluding tert-OH is 4. The van der Waals surface area contributed by atoms with Crippen LogP contribution in [0.15, 0.2) is 22.1 Å². The highest BCUT2D eigenvalue weighted by Crippen LogP contribution is 2.43. The molecule has 0 unspecified atom stereocenters. The van der Waals surface area contributed by atoms with E-state index >= 15 is 0 Å². The molecule has 0 aromatic rings. The molecule has 0 bridgehead atoms. The lowest BCUT2D eigenvalue weighted by Crippen LogP contribution is -2.64. The van der Waals surface area contributed by atoms with E-state index in [1.54, 1.807) is 14.1 Å². The first-order valence-electron chi connectivity index (χ1n) is 13.0. The molecule has 0 aromatic heterocycles. The summed E-state index contributed by atoms with van der Waals surface area (Å²) in [6.45, 7) is 0. The molecule has 5 fully saturated rings. The molecule has 0 amide bonds. The van der Waals surface area contributed by atoms with Crippen molar-refractivity contribution in [3.63, 3.8) is 0 Å². The highest BCUT2D eigenvalue weighted by Gasteiger charge is 2.56. The average Bonchev–Trinajstić information content (AvgIpc) is 3.70. The molecule has 4 heterocycles.